The number of rotatable bonds is 35. The second-order valence-corrected chi connectivity index (χ2v) is 15.2. The normalized spacial score (nSPS) is 11.6. The zero-order valence-electron chi connectivity index (χ0n) is 30.5. The second kappa shape index (κ2) is 40.0. The summed E-state index contributed by atoms with van der Waals surface area (Å²) in [5.74, 6) is 1.76. The highest BCUT2D eigenvalue weighted by Gasteiger charge is 2.01. The van der Waals surface area contributed by atoms with Gasteiger partial charge in [0.15, 0.2) is 0 Å². The Bertz CT molecular complexity index is 968. The van der Waals surface area contributed by atoms with E-state index in [1.165, 1.54) is 68.2 Å². The lowest BCUT2D eigenvalue weighted by atomic mass is 10.2. The van der Waals surface area contributed by atoms with Gasteiger partial charge in [0.05, 0.1) is 26.4 Å². The largest absolute Gasteiger partial charge is 0.463 e. The topological polar surface area (TPSA) is 105 Å². The monoisotopic (exact) mass is 774 g/mol. The lowest BCUT2D eigenvalue weighted by Crippen LogP contribution is -2.03. The van der Waals surface area contributed by atoms with Crippen LogP contribution in [-0.2, 0) is 38.1 Å². The summed E-state index contributed by atoms with van der Waals surface area (Å²) in [6.45, 7) is 3.85. The van der Waals surface area contributed by atoms with Crippen LogP contribution in [0, 0.1) is 0 Å². The van der Waals surface area contributed by atoms with E-state index < -0.39 is 0 Å². The lowest BCUT2D eigenvalue weighted by molar-refractivity contribution is -0.139. The van der Waals surface area contributed by atoms with E-state index in [0.29, 0.717) is 26.4 Å². The van der Waals surface area contributed by atoms with Crippen molar-refractivity contribution in [3.05, 3.63) is 45.9 Å². The molecule has 0 saturated carbocycles. The Labute approximate surface area is 319 Å². The van der Waals surface area contributed by atoms with E-state index in [2.05, 4.69) is 6.92 Å². The Kier molecular flexibility index (Phi) is 38.6. The van der Waals surface area contributed by atoms with Gasteiger partial charge in [0.25, 0.3) is 0 Å². The van der Waals surface area contributed by atoms with E-state index in [-0.39, 0.29) is 23.9 Å². The van der Waals surface area contributed by atoms with Gasteiger partial charge in [0.2, 0.25) is 0 Å². The van der Waals surface area contributed by atoms with Gasteiger partial charge in [-0.15, -0.1) is 47.0 Å². The van der Waals surface area contributed by atoms with Crippen LogP contribution in [0.2, 0.25) is 0 Å². The molecule has 0 radical (unpaired) electrons. The summed E-state index contributed by atoms with van der Waals surface area (Å²) in [5, 5.41) is 7.14. The number of thioether (sulfide) groups is 4. The molecule has 0 spiro atoms. The number of carbonyl (C=O) groups excluding carboxylic acids is 4. The number of hydrogen-bond acceptors (Lipinski definition) is 12. The Morgan fingerprint density at radius 1 is 0.400 bits per heavy atom. The fourth-order valence-corrected chi connectivity index (χ4v) is 6.54. The maximum Gasteiger partial charge on any atom is 0.331 e. The fraction of sp³-hybridized carbons (Fsp3) is 0.684. The molecule has 0 fully saturated rings. The van der Waals surface area contributed by atoms with Crippen molar-refractivity contribution in [3.63, 3.8) is 0 Å². The third-order valence-electron chi connectivity index (χ3n) is 6.94. The van der Waals surface area contributed by atoms with Crippen LogP contribution < -0.4 is 0 Å². The van der Waals surface area contributed by atoms with Gasteiger partial charge in [0.1, 0.15) is 0 Å². The molecule has 286 valence electrons. The average molecular weight is 775 g/mol. The minimum Gasteiger partial charge on any atom is -0.463 e. The maximum absolute atomic E-state index is 11.9. The Balaban J connectivity index is 3.46. The fourth-order valence-electron chi connectivity index (χ4n) is 4.15. The van der Waals surface area contributed by atoms with Gasteiger partial charge in [0, 0.05) is 24.3 Å². The zero-order chi connectivity index (χ0) is 36.6. The molecule has 0 aliphatic carbocycles. The number of unbranched alkanes of at least 4 members (excludes halogenated alkanes) is 13. The van der Waals surface area contributed by atoms with Crippen LogP contribution in [0.4, 0.5) is 0 Å². The van der Waals surface area contributed by atoms with Gasteiger partial charge in [-0.2, -0.15) is 0 Å². The zero-order valence-corrected chi connectivity index (χ0v) is 33.8. The number of carbonyl (C=O) groups is 4. The van der Waals surface area contributed by atoms with Gasteiger partial charge in [-0.25, -0.2) is 19.2 Å². The number of ether oxygens (including phenoxy) is 4. The summed E-state index contributed by atoms with van der Waals surface area (Å²) < 4.78 is 20.8. The molecule has 0 aromatic carbocycles. The van der Waals surface area contributed by atoms with Crippen molar-refractivity contribution in [3.8, 4) is 0 Å². The van der Waals surface area contributed by atoms with Crippen molar-refractivity contribution in [1.82, 2.24) is 0 Å². The molecule has 0 aliphatic heterocycles. The second-order valence-electron chi connectivity index (χ2n) is 11.4. The molecule has 0 bridgehead atoms. The first-order chi connectivity index (χ1) is 24.5. The standard InChI is InChI=1S/C38H62O8S4/c1-3-4-5-10-17-28-48-32-21-36(40)44-26-15-8-9-16-27-46-38(42)23-34-50-30-19-12-11-18-29-49-33-22-37(41)45-25-14-7-6-13-24-43-35(39)20-31-47-2/h20-23,31-34H,3-19,24-30H2,1-2H3/b31-20-,32-21+,33-22-,34-23+. The quantitative estimate of drug-likeness (QED) is 0.0265. The van der Waals surface area contributed by atoms with E-state index in [1.54, 1.807) is 46.1 Å². The summed E-state index contributed by atoms with van der Waals surface area (Å²) in [6.07, 6.45) is 25.4. The van der Waals surface area contributed by atoms with Crippen LogP contribution in [0.3, 0.4) is 0 Å². The highest BCUT2D eigenvalue weighted by Crippen LogP contribution is 2.13. The van der Waals surface area contributed by atoms with Crippen LogP contribution in [0.5, 0.6) is 0 Å². The molecule has 0 amide bonds. The van der Waals surface area contributed by atoms with Crippen LogP contribution in [0.25, 0.3) is 0 Å². The summed E-state index contributed by atoms with van der Waals surface area (Å²) in [5.41, 5.74) is 0. The molecule has 0 aliphatic rings. The first-order valence-electron chi connectivity index (χ1n) is 18.2. The van der Waals surface area contributed by atoms with Crippen molar-refractivity contribution in [2.24, 2.45) is 0 Å². The van der Waals surface area contributed by atoms with Crippen molar-refractivity contribution in [2.75, 3.05) is 49.9 Å². The molecular weight excluding hydrogens is 713 g/mol. The van der Waals surface area contributed by atoms with E-state index in [1.807, 2.05) is 17.1 Å². The minimum absolute atomic E-state index is 0.281. The van der Waals surface area contributed by atoms with Crippen LogP contribution >= 0.6 is 47.0 Å². The molecular formula is C38H62O8S4. The highest BCUT2D eigenvalue weighted by molar-refractivity contribution is 8.02. The molecule has 12 heteroatoms. The third-order valence-corrected chi connectivity index (χ3v) is 9.90. The van der Waals surface area contributed by atoms with Gasteiger partial charge in [-0.05, 0) is 116 Å². The molecule has 0 heterocycles. The average Bonchev–Trinajstić information content (AvgIpc) is 3.11. The molecule has 0 unspecified atom stereocenters. The molecule has 50 heavy (non-hydrogen) atoms. The highest BCUT2D eigenvalue weighted by atomic mass is 32.2. The van der Waals surface area contributed by atoms with Gasteiger partial charge >= 0.3 is 23.9 Å². The molecule has 0 aromatic rings. The Morgan fingerprint density at radius 3 is 0.980 bits per heavy atom. The predicted octanol–water partition coefficient (Wildman–Crippen LogP) is 10.4. The maximum atomic E-state index is 11.9. The molecule has 0 saturated heterocycles. The molecule has 0 rings (SSSR count). The summed E-state index contributed by atoms with van der Waals surface area (Å²) in [4.78, 5) is 46.7. The van der Waals surface area contributed by atoms with Crippen molar-refractivity contribution >= 4 is 70.9 Å². The van der Waals surface area contributed by atoms with E-state index in [9.17, 15) is 19.2 Å². The molecule has 0 atom stereocenters. The van der Waals surface area contributed by atoms with E-state index in [0.717, 1.165) is 94.3 Å². The molecule has 0 N–H and O–H groups in total. The van der Waals surface area contributed by atoms with Crippen LogP contribution in [-0.4, -0.2) is 73.8 Å². The van der Waals surface area contributed by atoms with Crippen molar-refractivity contribution in [1.29, 1.82) is 0 Å². The van der Waals surface area contributed by atoms with E-state index >= 15 is 0 Å². The number of esters is 4. The summed E-state index contributed by atoms with van der Waals surface area (Å²) in [6, 6.07) is 0. The number of hydrogen-bond donors (Lipinski definition) is 0. The minimum atomic E-state index is -0.312. The Hall–Kier alpha value is -1.76. The SMILES string of the molecule is CCCCCCCS/C=C/C(=O)OCCCCCCOC(=O)/C=C/SCCCCCCS/C=C\C(=O)OCCCCCCOC(=O)/C=C\SC. The predicted molar refractivity (Wildman–Crippen MR) is 215 cm³/mol. The first kappa shape index (κ1) is 48.2. The summed E-state index contributed by atoms with van der Waals surface area (Å²) >= 11 is 6.36. The van der Waals surface area contributed by atoms with Gasteiger partial charge in [-0.1, -0.05) is 45.4 Å². The van der Waals surface area contributed by atoms with Crippen molar-refractivity contribution in [2.45, 2.75) is 116 Å². The summed E-state index contributed by atoms with van der Waals surface area (Å²) in [7, 11) is 0. The van der Waals surface area contributed by atoms with Crippen LogP contribution in [0.15, 0.2) is 45.9 Å². The first-order valence-corrected chi connectivity index (χ1v) is 22.6. The van der Waals surface area contributed by atoms with E-state index in [4.69, 9.17) is 18.9 Å². The van der Waals surface area contributed by atoms with Crippen molar-refractivity contribution < 1.29 is 38.1 Å². The molecule has 0 aromatic heterocycles. The molecule has 8 nitrogen and oxygen atoms in total. The lowest BCUT2D eigenvalue weighted by Gasteiger charge is -2.04. The van der Waals surface area contributed by atoms with Gasteiger partial charge < -0.3 is 18.9 Å². The van der Waals surface area contributed by atoms with Gasteiger partial charge in [-0.3, -0.25) is 0 Å². The smallest absolute Gasteiger partial charge is 0.331 e. The third kappa shape index (κ3) is 39.0. The Morgan fingerprint density at radius 2 is 0.680 bits per heavy atom. The van der Waals surface area contributed by atoms with Crippen LogP contribution in [0.1, 0.15) is 116 Å².